The van der Waals surface area contributed by atoms with Crippen molar-refractivity contribution < 1.29 is 33.6 Å². The number of methoxy groups -OCH3 is 1. The van der Waals surface area contributed by atoms with E-state index in [1.54, 1.807) is 32.0 Å². The smallest absolute Gasteiger partial charge is 0.259 e. The number of nitrogens with zero attached hydrogens (tertiary/aromatic N) is 3. The van der Waals surface area contributed by atoms with Gasteiger partial charge in [-0.25, -0.2) is 18.4 Å². The highest BCUT2D eigenvalue weighted by Crippen LogP contribution is 2.46. The molecule has 3 heterocycles. The fourth-order valence-corrected chi connectivity index (χ4v) is 8.42. The molecule has 0 unspecified atom stereocenters. The molecule has 0 radical (unpaired) electrons. The third kappa shape index (κ3) is 7.75. The predicted octanol–water partition coefficient (Wildman–Crippen LogP) is 5.14. The van der Waals surface area contributed by atoms with Gasteiger partial charge in [-0.3, -0.25) is 19.1 Å². The second-order valence-electron chi connectivity index (χ2n) is 14.0. The molecule has 1 aliphatic heterocycles. The van der Waals surface area contributed by atoms with Gasteiger partial charge in [-0.05, 0) is 55.0 Å². The molecule has 0 spiro atoms. The minimum absolute atomic E-state index is 0.0283. The molecule has 0 bridgehead atoms. The summed E-state index contributed by atoms with van der Waals surface area (Å²) in [6.45, 7) is 6.91. The van der Waals surface area contributed by atoms with Crippen LogP contribution in [0.15, 0.2) is 49.2 Å². The zero-order chi connectivity index (χ0) is 38.5. The maximum atomic E-state index is 14.7. The van der Waals surface area contributed by atoms with Gasteiger partial charge in [0.15, 0.2) is 0 Å². The maximum absolute atomic E-state index is 14.7. The lowest BCUT2D eigenvalue weighted by Crippen LogP contribution is -2.58. The molecule has 1 aromatic carbocycles. The molecule has 5 atom stereocenters. The van der Waals surface area contributed by atoms with Crippen LogP contribution in [-0.4, -0.2) is 83.6 Å². The van der Waals surface area contributed by atoms with E-state index in [1.165, 1.54) is 36.4 Å². The van der Waals surface area contributed by atoms with Gasteiger partial charge in [-0.2, -0.15) is 0 Å². The highest BCUT2D eigenvalue weighted by atomic mass is 35.5. The zero-order valence-corrected chi connectivity index (χ0v) is 31.7. The standard InChI is InChI=1S/C35H39Cl3N6O7S/c1-6-18-15-35(18,33(47)43-52(48,49)22-8-9-22)42-30(45)25-14-21(51-31-24-11-19(36)7-10-23(24)26(50-5)16-39-31)17-44(25)32(46)29(34(2,3)4)41-28-13-20(37)12-27(38)40-28/h6-7,10-13,16,18,21-22,25,29H,1,8-9,14-15,17H2,2-5H3,(H,40,41)(H,42,45)(H,43,47)/t18-,21-,25+,29-,35-/m1/s1/i2D. The molecule has 52 heavy (non-hydrogen) atoms. The zero-order valence-electron chi connectivity index (χ0n) is 29.6. The van der Waals surface area contributed by atoms with Gasteiger partial charge in [-0.15, -0.1) is 6.58 Å². The molecule has 2 aromatic heterocycles. The van der Waals surface area contributed by atoms with E-state index in [1.807, 2.05) is 0 Å². The molecule has 3 amide bonds. The van der Waals surface area contributed by atoms with E-state index < -0.39 is 68.1 Å². The largest absolute Gasteiger partial charge is 0.494 e. The molecule has 13 nitrogen and oxygen atoms in total. The number of nitrogens with one attached hydrogen (secondary N) is 3. The van der Waals surface area contributed by atoms with Crippen LogP contribution >= 0.6 is 34.8 Å². The Morgan fingerprint density at radius 3 is 2.54 bits per heavy atom. The minimum Gasteiger partial charge on any atom is -0.494 e. The van der Waals surface area contributed by atoms with E-state index in [9.17, 15) is 22.8 Å². The highest BCUT2D eigenvalue weighted by molar-refractivity contribution is 7.91. The van der Waals surface area contributed by atoms with Crippen molar-refractivity contribution in [3.05, 3.63) is 64.4 Å². The van der Waals surface area contributed by atoms with Crippen molar-refractivity contribution in [1.29, 1.82) is 0 Å². The number of sulfonamides is 1. The number of fused-ring (bicyclic) bond motifs is 1. The number of aromatic nitrogens is 2. The number of benzene rings is 1. The summed E-state index contributed by atoms with van der Waals surface area (Å²) in [5, 5.41) is 7.19. The van der Waals surface area contributed by atoms with E-state index in [0.29, 0.717) is 34.4 Å². The third-order valence-corrected chi connectivity index (χ3v) is 11.9. The highest BCUT2D eigenvalue weighted by Gasteiger charge is 2.62. The molecule has 3 fully saturated rings. The molecule has 2 saturated carbocycles. The topological polar surface area (TPSA) is 169 Å². The van der Waals surface area contributed by atoms with Crippen LogP contribution in [0.2, 0.25) is 15.2 Å². The number of hydrogen-bond acceptors (Lipinski definition) is 10. The van der Waals surface area contributed by atoms with Gasteiger partial charge < -0.3 is 25.0 Å². The van der Waals surface area contributed by atoms with Crippen LogP contribution in [0.1, 0.15) is 47.8 Å². The average Bonchev–Trinajstić information content (AvgIpc) is 4.03. The van der Waals surface area contributed by atoms with Gasteiger partial charge in [0.05, 0.1) is 25.1 Å². The van der Waals surface area contributed by atoms with Gasteiger partial charge in [0.2, 0.25) is 27.7 Å². The summed E-state index contributed by atoms with van der Waals surface area (Å²) in [7, 11) is -2.41. The van der Waals surface area contributed by atoms with Crippen LogP contribution in [0.4, 0.5) is 5.82 Å². The lowest BCUT2D eigenvalue weighted by molar-refractivity contribution is -0.141. The molecule has 1 saturated heterocycles. The van der Waals surface area contributed by atoms with Crippen molar-refractivity contribution in [2.75, 3.05) is 19.0 Å². The van der Waals surface area contributed by atoms with Crippen molar-refractivity contribution in [3.8, 4) is 11.6 Å². The molecular weight excluding hydrogens is 755 g/mol. The number of likely N-dealkylation sites (tertiary alicyclic amines) is 1. The van der Waals surface area contributed by atoms with Crippen molar-refractivity contribution in [3.63, 3.8) is 0 Å². The lowest BCUT2D eigenvalue weighted by Gasteiger charge is -2.36. The number of ether oxygens (including phenoxy) is 2. The first-order chi connectivity index (χ1) is 25.0. The molecule has 3 aromatic rings. The Hall–Kier alpha value is -3.85. The second-order valence-corrected chi connectivity index (χ2v) is 17.3. The monoisotopic (exact) mass is 793 g/mol. The van der Waals surface area contributed by atoms with Crippen molar-refractivity contribution in [2.24, 2.45) is 11.3 Å². The number of amides is 3. The summed E-state index contributed by atoms with van der Waals surface area (Å²) in [4.78, 5) is 52.6. The Balaban J connectivity index is 1.34. The molecule has 3 aliphatic rings. The van der Waals surface area contributed by atoms with E-state index in [4.69, 9.17) is 45.6 Å². The SMILES string of the molecule is [2H]CC(C)(C)[C@H](Nc1cc(Cl)cc(Cl)n1)C(=O)N1C[C@H](Oc2ncc(OC)c3ccc(Cl)cc23)C[C@H]1C(=O)N[C@]1(C(=O)NS(=O)(=O)C2CC2)C[C@H]1C=C. The van der Waals surface area contributed by atoms with Crippen LogP contribution < -0.4 is 24.8 Å². The van der Waals surface area contributed by atoms with E-state index in [-0.39, 0.29) is 48.2 Å². The molecule has 17 heteroatoms. The summed E-state index contributed by atoms with van der Waals surface area (Å²) in [5.74, 6) is -1.82. The number of carbonyl (C=O) groups is 3. The second kappa shape index (κ2) is 14.2. The first-order valence-corrected chi connectivity index (χ1v) is 19.2. The Morgan fingerprint density at radius 1 is 1.15 bits per heavy atom. The fraction of sp³-hybridized carbons (Fsp3) is 0.457. The van der Waals surface area contributed by atoms with Crippen molar-refractivity contribution >= 4 is 79.1 Å². The Labute approximate surface area is 318 Å². The van der Waals surface area contributed by atoms with Crippen LogP contribution in [0.3, 0.4) is 0 Å². The quantitative estimate of drug-likeness (QED) is 0.165. The van der Waals surface area contributed by atoms with Crippen LogP contribution in [-0.2, 0) is 24.4 Å². The first kappa shape index (κ1) is 36.5. The first-order valence-electron chi connectivity index (χ1n) is 17.2. The number of hydrogen-bond donors (Lipinski definition) is 3. The average molecular weight is 795 g/mol. The Kier molecular flexibility index (Phi) is 9.96. The lowest BCUT2D eigenvalue weighted by atomic mass is 9.85. The molecule has 6 rings (SSSR count). The number of pyridine rings is 2. The number of halogens is 3. The summed E-state index contributed by atoms with van der Waals surface area (Å²) < 4.78 is 47.7. The van der Waals surface area contributed by atoms with Crippen LogP contribution in [0.25, 0.3) is 10.8 Å². The maximum Gasteiger partial charge on any atom is 0.259 e. The van der Waals surface area contributed by atoms with E-state index in [0.717, 1.165) is 0 Å². The van der Waals surface area contributed by atoms with Crippen molar-refractivity contribution in [2.45, 2.75) is 75.4 Å². The van der Waals surface area contributed by atoms with Crippen LogP contribution in [0.5, 0.6) is 11.6 Å². The van der Waals surface area contributed by atoms with Gasteiger partial charge in [-0.1, -0.05) is 61.6 Å². The van der Waals surface area contributed by atoms with Crippen LogP contribution in [0, 0.1) is 11.3 Å². The molecule has 278 valence electrons. The Morgan fingerprint density at radius 2 is 1.90 bits per heavy atom. The predicted molar refractivity (Wildman–Crippen MR) is 198 cm³/mol. The minimum atomic E-state index is -3.92. The fourth-order valence-electron chi connectivity index (χ4n) is 6.42. The summed E-state index contributed by atoms with van der Waals surface area (Å²) in [5.41, 5.74) is -2.60. The third-order valence-electron chi connectivity index (χ3n) is 9.45. The summed E-state index contributed by atoms with van der Waals surface area (Å²) in [6.07, 6.45) is 3.17. The molecule has 2 aliphatic carbocycles. The van der Waals surface area contributed by atoms with Gasteiger partial charge in [0.25, 0.3) is 5.91 Å². The summed E-state index contributed by atoms with van der Waals surface area (Å²) in [6, 6.07) is 5.75. The normalized spacial score (nSPS) is 23.7. The number of anilines is 1. The van der Waals surface area contributed by atoms with E-state index >= 15 is 0 Å². The Bertz CT molecular complexity index is 2070. The van der Waals surface area contributed by atoms with Crippen molar-refractivity contribution in [1.82, 2.24) is 24.9 Å². The molecule has 3 N–H and O–H groups in total. The van der Waals surface area contributed by atoms with E-state index in [2.05, 4.69) is 31.9 Å². The van der Waals surface area contributed by atoms with Gasteiger partial charge >= 0.3 is 0 Å². The number of carbonyl (C=O) groups excluding carboxylic acids is 3. The van der Waals surface area contributed by atoms with Gasteiger partial charge in [0, 0.05) is 34.5 Å². The number of rotatable bonds is 12. The summed E-state index contributed by atoms with van der Waals surface area (Å²) >= 11 is 18.7. The van der Waals surface area contributed by atoms with Gasteiger partial charge in [0.1, 0.15) is 40.4 Å². The molecular formula is C35H39Cl3N6O7S.